The van der Waals surface area contributed by atoms with Crippen LogP contribution in [-0.4, -0.2) is 16.9 Å². The van der Waals surface area contributed by atoms with E-state index in [0.29, 0.717) is 11.2 Å². The topological polar surface area (TPSA) is 36.4 Å². The van der Waals surface area contributed by atoms with Gasteiger partial charge in [0.2, 0.25) is 0 Å². The van der Waals surface area contributed by atoms with Gasteiger partial charge in [-0.15, -0.1) is 11.3 Å². The second-order valence-corrected chi connectivity index (χ2v) is 6.84. The predicted octanol–water partition coefficient (Wildman–Crippen LogP) is 3.92. The highest BCUT2D eigenvalue weighted by Crippen LogP contribution is 2.21. The van der Waals surface area contributed by atoms with Gasteiger partial charge in [0.25, 0.3) is 0 Å². The second-order valence-electron chi connectivity index (χ2n) is 4.72. The van der Waals surface area contributed by atoms with Crippen LogP contribution in [0.2, 0.25) is 4.34 Å². The summed E-state index contributed by atoms with van der Waals surface area (Å²) in [5, 5.41) is 8.21. The average Bonchev–Trinajstić information content (AvgIpc) is 2.84. The fraction of sp³-hybridized carbons (Fsp3) is 0.538. The zero-order chi connectivity index (χ0) is 13.7. The molecule has 0 saturated heterocycles. The molecule has 0 atom stereocenters. The molecular formula is C13H18ClN3S2. The maximum atomic E-state index is 5.90. The van der Waals surface area contributed by atoms with Gasteiger partial charge in [-0.3, -0.25) is 5.43 Å². The van der Waals surface area contributed by atoms with Gasteiger partial charge in [0.15, 0.2) is 5.11 Å². The highest BCUT2D eigenvalue weighted by molar-refractivity contribution is 7.80. The standard InChI is InChI=1S/C13H18ClN3S2/c1-9(11-7-8-12(14)19-11)16-17-13(18)15-10-5-3-2-4-6-10/h7-8,10H,2-6H2,1H3,(H2,15,17,18)/b16-9-. The monoisotopic (exact) mass is 315 g/mol. The number of halogens is 1. The van der Waals surface area contributed by atoms with Crippen molar-refractivity contribution in [3.05, 3.63) is 21.3 Å². The summed E-state index contributed by atoms with van der Waals surface area (Å²) < 4.78 is 0.771. The molecule has 104 valence electrons. The quantitative estimate of drug-likeness (QED) is 0.504. The number of rotatable bonds is 3. The maximum Gasteiger partial charge on any atom is 0.187 e. The van der Waals surface area contributed by atoms with Crippen LogP contribution in [-0.2, 0) is 0 Å². The van der Waals surface area contributed by atoms with Crippen LogP contribution in [0.25, 0.3) is 0 Å². The molecule has 0 amide bonds. The Morgan fingerprint density at radius 1 is 1.37 bits per heavy atom. The first-order valence-electron chi connectivity index (χ1n) is 6.51. The van der Waals surface area contributed by atoms with Crippen LogP contribution < -0.4 is 10.7 Å². The van der Waals surface area contributed by atoms with Crippen molar-refractivity contribution in [2.45, 2.75) is 45.1 Å². The van der Waals surface area contributed by atoms with Gasteiger partial charge >= 0.3 is 0 Å². The van der Waals surface area contributed by atoms with Gasteiger partial charge in [-0.1, -0.05) is 30.9 Å². The highest BCUT2D eigenvalue weighted by Gasteiger charge is 2.13. The molecule has 1 aromatic heterocycles. The van der Waals surface area contributed by atoms with Crippen LogP contribution in [0, 0.1) is 0 Å². The summed E-state index contributed by atoms with van der Waals surface area (Å²) in [6.07, 6.45) is 6.32. The molecule has 0 radical (unpaired) electrons. The Morgan fingerprint density at radius 2 is 2.11 bits per heavy atom. The molecule has 0 unspecified atom stereocenters. The van der Waals surface area contributed by atoms with E-state index in [4.69, 9.17) is 23.8 Å². The zero-order valence-corrected chi connectivity index (χ0v) is 13.3. The number of hydrazone groups is 1. The normalized spacial score (nSPS) is 17.3. The summed E-state index contributed by atoms with van der Waals surface area (Å²) in [5.74, 6) is 0. The fourth-order valence-corrected chi connectivity index (χ4v) is 3.36. The Kier molecular flexibility index (Phi) is 5.60. The Bertz CT molecular complexity index is 464. The van der Waals surface area contributed by atoms with Crippen molar-refractivity contribution in [1.82, 2.24) is 10.7 Å². The van der Waals surface area contributed by atoms with Crippen molar-refractivity contribution in [1.29, 1.82) is 0 Å². The number of hydrogen-bond acceptors (Lipinski definition) is 3. The third-order valence-electron chi connectivity index (χ3n) is 3.20. The Hall–Kier alpha value is -0.650. The molecule has 0 spiro atoms. The van der Waals surface area contributed by atoms with Crippen molar-refractivity contribution < 1.29 is 0 Å². The van der Waals surface area contributed by atoms with Crippen LogP contribution in [0.15, 0.2) is 17.2 Å². The summed E-state index contributed by atoms with van der Waals surface area (Å²) in [5.41, 5.74) is 3.80. The van der Waals surface area contributed by atoms with E-state index in [0.717, 1.165) is 14.9 Å². The van der Waals surface area contributed by atoms with Crippen LogP contribution in [0.5, 0.6) is 0 Å². The first kappa shape index (κ1) is 14.8. The second kappa shape index (κ2) is 7.22. The molecular weight excluding hydrogens is 298 g/mol. The lowest BCUT2D eigenvalue weighted by Crippen LogP contribution is -2.41. The molecule has 1 fully saturated rings. The first-order chi connectivity index (χ1) is 9.15. The average molecular weight is 316 g/mol. The summed E-state index contributed by atoms with van der Waals surface area (Å²) >= 11 is 12.7. The summed E-state index contributed by atoms with van der Waals surface area (Å²) in [4.78, 5) is 1.05. The number of thiophene rings is 1. The van der Waals surface area contributed by atoms with Crippen LogP contribution in [0.4, 0.5) is 0 Å². The highest BCUT2D eigenvalue weighted by atomic mass is 35.5. The minimum Gasteiger partial charge on any atom is -0.359 e. The van der Waals surface area contributed by atoms with Gasteiger partial charge in [0.05, 0.1) is 14.9 Å². The number of hydrogen-bond donors (Lipinski definition) is 2. The van der Waals surface area contributed by atoms with E-state index in [9.17, 15) is 0 Å². The fourth-order valence-electron chi connectivity index (χ4n) is 2.16. The molecule has 0 aromatic carbocycles. The maximum absolute atomic E-state index is 5.90. The SMILES string of the molecule is C/C(=N/NC(=S)NC1CCCCC1)c1ccc(Cl)s1. The van der Waals surface area contributed by atoms with Crippen molar-refractivity contribution in [3.63, 3.8) is 0 Å². The van der Waals surface area contributed by atoms with Crippen molar-refractivity contribution in [2.24, 2.45) is 5.10 Å². The van der Waals surface area contributed by atoms with Gasteiger partial charge in [-0.2, -0.15) is 5.10 Å². The minimum atomic E-state index is 0.500. The lowest BCUT2D eigenvalue weighted by atomic mass is 9.96. The molecule has 0 bridgehead atoms. The Labute approximate surface area is 128 Å². The third kappa shape index (κ3) is 4.75. The van der Waals surface area contributed by atoms with E-state index in [-0.39, 0.29) is 0 Å². The van der Waals surface area contributed by atoms with Crippen molar-refractivity contribution >= 4 is 46.0 Å². The molecule has 6 heteroatoms. The van der Waals surface area contributed by atoms with Gasteiger partial charge in [0, 0.05) is 6.04 Å². The van der Waals surface area contributed by atoms with E-state index in [2.05, 4.69) is 15.8 Å². The minimum absolute atomic E-state index is 0.500. The molecule has 1 saturated carbocycles. The van der Waals surface area contributed by atoms with Crippen LogP contribution >= 0.6 is 35.2 Å². The zero-order valence-electron chi connectivity index (χ0n) is 10.9. The van der Waals surface area contributed by atoms with Gasteiger partial charge in [0.1, 0.15) is 0 Å². The van der Waals surface area contributed by atoms with E-state index in [1.807, 2.05) is 19.1 Å². The smallest absolute Gasteiger partial charge is 0.187 e. The van der Waals surface area contributed by atoms with Crippen LogP contribution in [0.1, 0.15) is 43.9 Å². The Balaban J connectivity index is 1.81. The van der Waals surface area contributed by atoms with E-state index in [1.54, 1.807) is 0 Å². The first-order valence-corrected chi connectivity index (χ1v) is 8.12. The molecule has 1 aliphatic carbocycles. The van der Waals surface area contributed by atoms with Gasteiger partial charge in [-0.05, 0) is 44.1 Å². The lowest BCUT2D eigenvalue weighted by Gasteiger charge is -2.23. The van der Waals surface area contributed by atoms with Crippen molar-refractivity contribution in [2.75, 3.05) is 0 Å². The number of nitrogens with one attached hydrogen (secondary N) is 2. The molecule has 3 nitrogen and oxygen atoms in total. The largest absolute Gasteiger partial charge is 0.359 e. The molecule has 0 aliphatic heterocycles. The van der Waals surface area contributed by atoms with Crippen LogP contribution in [0.3, 0.4) is 0 Å². The predicted molar refractivity (Wildman–Crippen MR) is 87.3 cm³/mol. The third-order valence-corrected chi connectivity index (χ3v) is 4.74. The summed E-state index contributed by atoms with van der Waals surface area (Å²) in [6.45, 7) is 1.94. The molecule has 1 aliphatic rings. The lowest BCUT2D eigenvalue weighted by molar-refractivity contribution is 0.412. The van der Waals surface area contributed by atoms with E-state index in [1.165, 1.54) is 43.4 Å². The molecule has 1 heterocycles. The molecule has 1 aromatic rings. The molecule has 19 heavy (non-hydrogen) atoms. The van der Waals surface area contributed by atoms with E-state index < -0.39 is 0 Å². The molecule has 2 rings (SSSR count). The van der Waals surface area contributed by atoms with Gasteiger partial charge in [-0.25, -0.2) is 0 Å². The molecule has 2 N–H and O–H groups in total. The van der Waals surface area contributed by atoms with Gasteiger partial charge < -0.3 is 5.32 Å². The summed E-state index contributed by atoms with van der Waals surface area (Å²) in [6, 6.07) is 4.34. The summed E-state index contributed by atoms with van der Waals surface area (Å²) in [7, 11) is 0. The van der Waals surface area contributed by atoms with Crippen molar-refractivity contribution in [3.8, 4) is 0 Å². The Morgan fingerprint density at radius 3 is 2.74 bits per heavy atom. The number of nitrogens with zero attached hydrogens (tertiary/aromatic N) is 1. The van der Waals surface area contributed by atoms with E-state index >= 15 is 0 Å². The number of thiocarbonyl (C=S) groups is 1.